The van der Waals surface area contributed by atoms with Crippen LogP contribution in [0.5, 0.6) is 0 Å². The summed E-state index contributed by atoms with van der Waals surface area (Å²) in [6.07, 6.45) is 2.79. The van der Waals surface area contributed by atoms with Crippen molar-refractivity contribution < 1.29 is 0 Å². The van der Waals surface area contributed by atoms with Gasteiger partial charge in [0.1, 0.15) is 5.01 Å². The van der Waals surface area contributed by atoms with Gasteiger partial charge >= 0.3 is 0 Å². The van der Waals surface area contributed by atoms with Gasteiger partial charge in [-0.3, -0.25) is 4.90 Å². The maximum Gasteiger partial charge on any atom is 0.109 e. The molecule has 4 heteroatoms. The van der Waals surface area contributed by atoms with Crippen LogP contribution < -0.4 is 5.73 Å². The molecule has 1 aromatic rings. The third-order valence-corrected chi connectivity index (χ3v) is 4.46. The predicted octanol–water partition coefficient (Wildman–Crippen LogP) is 2.39. The molecule has 1 aliphatic rings. The number of hydrogen-bond acceptors (Lipinski definition) is 4. The Morgan fingerprint density at radius 2 is 2.25 bits per heavy atom. The predicted molar refractivity (Wildman–Crippen MR) is 68.4 cm³/mol. The van der Waals surface area contributed by atoms with Crippen LogP contribution in [0.15, 0.2) is 5.38 Å². The fourth-order valence-corrected chi connectivity index (χ4v) is 2.71. The van der Waals surface area contributed by atoms with Gasteiger partial charge in [-0.1, -0.05) is 0 Å². The molecule has 0 radical (unpaired) electrons. The van der Waals surface area contributed by atoms with Crippen LogP contribution in [0.4, 0.5) is 0 Å². The van der Waals surface area contributed by atoms with Crippen molar-refractivity contribution >= 4 is 11.3 Å². The van der Waals surface area contributed by atoms with E-state index in [1.807, 2.05) is 6.92 Å². The summed E-state index contributed by atoms with van der Waals surface area (Å²) in [5, 5.41) is 3.18. The molecule has 0 spiro atoms. The minimum Gasteiger partial charge on any atom is -0.322 e. The molecule has 2 N–H and O–H groups in total. The molecule has 1 aliphatic carbocycles. The van der Waals surface area contributed by atoms with Crippen LogP contribution in [0.3, 0.4) is 0 Å². The van der Waals surface area contributed by atoms with Crippen molar-refractivity contribution in [3.05, 3.63) is 16.1 Å². The van der Waals surface area contributed by atoms with Gasteiger partial charge in [0.25, 0.3) is 0 Å². The van der Waals surface area contributed by atoms with Crippen LogP contribution in [0.1, 0.15) is 43.4 Å². The highest BCUT2D eigenvalue weighted by atomic mass is 32.1. The lowest BCUT2D eigenvalue weighted by Crippen LogP contribution is -2.30. The summed E-state index contributed by atoms with van der Waals surface area (Å²) in [6, 6.07) is 0.741. The minimum absolute atomic E-state index is 0.0601. The molecule has 3 nitrogen and oxygen atoms in total. The van der Waals surface area contributed by atoms with Crippen molar-refractivity contribution in [2.24, 2.45) is 11.7 Å². The average Bonchev–Trinajstić information content (AvgIpc) is 2.97. The molecule has 0 aromatic carbocycles. The van der Waals surface area contributed by atoms with Crippen LogP contribution in [-0.4, -0.2) is 23.0 Å². The average molecular weight is 239 g/mol. The summed E-state index contributed by atoms with van der Waals surface area (Å²) >= 11 is 1.67. The van der Waals surface area contributed by atoms with Gasteiger partial charge in [0.15, 0.2) is 0 Å². The summed E-state index contributed by atoms with van der Waals surface area (Å²) in [5.41, 5.74) is 6.97. The third kappa shape index (κ3) is 2.81. The summed E-state index contributed by atoms with van der Waals surface area (Å²) < 4.78 is 0. The van der Waals surface area contributed by atoms with Gasteiger partial charge in [-0.05, 0) is 39.7 Å². The quantitative estimate of drug-likeness (QED) is 0.858. The van der Waals surface area contributed by atoms with Gasteiger partial charge in [-0.25, -0.2) is 4.98 Å². The van der Waals surface area contributed by atoms with E-state index in [0.717, 1.165) is 23.2 Å². The number of aromatic nitrogens is 1. The van der Waals surface area contributed by atoms with E-state index in [4.69, 9.17) is 5.73 Å². The largest absolute Gasteiger partial charge is 0.322 e. The van der Waals surface area contributed by atoms with E-state index in [0.29, 0.717) is 6.04 Å². The first kappa shape index (κ1) is 12.0. The summed E-state index contributed by atoms with van der Waals surface area (Å²) in [4.78, 5) is 6.96. The van der Waals surface area contributed by atoms with Crippen LogP contribution in [-0.2, 0) is 6.54 Å². The Balaban J connectivity index is 1.91. The second-order valence-electron chi connectivity index (χ2n) is 4.96. The lowest BCUT2D eigenvalue weighted by Gasteiger charge is -2.23. The van der Waals surface area contributed by atoms with Gasteiger partial charge < -0.3 is 5.73 Å². The lowest BCUT2D eigenvalue weighted by atomic mass is 10.2. The highest BCUT2D eigenvalue weighted by molar-refractivity contribution is 7.09. The monoisotopic (exact) mass is 239 g/mol. The zero-order chi connectivity index (χ0) is 11.7. The van der Waals surface area contributed by atoms with E-state index >= 15 is 0 Å². The Kier molecular flexibility index (Phi) is 3.62. The molecular weight excluding hydrogens is 218 g/mol. The molecule has 1 aromatic heterocycles. The normalized spacial score (nSPS) is 20.1. The highest BCUT2D eigenvalue weighted by Crippen LogP contribution is 2.35. The van der Waals surface area contributed by atoms with Gasteiger partial charge in [-0.2, -0.15) is 0 Å². The molecular formula is C12H21N3S. The van der Waals surface area contributed by atoms with E-state index in [-0.39, 0.29) is 6.04 Å². The molecule has 0 amide bonds. The Hall–Kier alpha value is -0.450. The Bertz CT molecular complexity index is 344. The van der Waals surface area contributed by atoms with Crippen molar-refractivity contribution in [2.75, 3.05) is 7.05 Å². The number of rotatable bonds is 5. The molecule has 2 rings (SSSR count). The first-order chi connectivity index (χ1) is 7.58. The first-order valence-electron chi connectivity index (χ1n) is 5.98. The van der Waals surface area contributed by atoms with Gasteiger partial charge in [0, 0.05) is 18.0 Å². The van der Waals surface area contributed by atoms with Gasteiger partial charge in [0.05, 0.1) is 11.7 Å². The second kappa shape index (κ2) is 4.82. The van der Waals surface area contributed by atoms with Crippen molar-refractivity contribution in [3.8, 4) is 0 Å². The van der Waals surface area contributed by atoms with Crippen LogP contribution in [0, 0.1) is 5.92 Å². The Labute approximate surface area is 102 Å². The van der Waals surface area contributed by atoms with Gasteiger partial charge in [0.2, 0.25) is 0 Å². The Morgan fingerprint density at radius 3 is 2.75 bits per heavy atom. The topological polar surface area (TPSA) is 42.1 Å². The lowest BCUT2D eigenvalue weighted by molar-refractivity contribution is 0.224. The van der Waals surface area contributed by atoms with E-state index in [1.54, 1.807) is 11.3 Å². The van der Waals surface area contributed by atoms with E-state index in [2.05, 4.69) is 29.2 Å². The van der Waals surface area contributed by atoms with Crippen LogP contribution >= 0.6 is 11.3 Å². The van der Waals surface area contributed by atoms with Crippen LogP contribution in [0.2, 0.25) is 0 Å². The third-order valence-electron chi connectivity index (χ3n) is 3.37. The molecule has 90 valence electrons. The molecule has 1 fully saturated rings. The maximum absolute atomic E-state index is 5.81. The number of nitrogens with zero attached hydrogens (tertiary/aromatic N) is 2. The molecule has 0 bridgehead atoms. The number of nitrogens with two attached hydrogens (primary N) is 1. The van der Waals surface area contributed by atoms with Crippen molar-refractivity contribution in [1.29, 1.82) is 0 Å². The summed E-state index contributed by atoms with van der Waals surface area (Å²) in [6.45, 7) is 5.25. The first-order valence-corrected chi connectivity index (χ1v) is 6.86. The molecule has 16 heavy (non-hydrogen) atoms. The number of hydrogen-bond donors (Lipinski definition) is 1. The fraction of sp³-hybridized carbons (Fsp3) is 0.750. The standard InChI is InChI=1S/C12H21N3S/c1-8(13)12-14-11(7-16-12)6-15(3)9(2)10-4-5-10/h7-10H,4-6,13H2,1-3H3. The minimum atomic E-state index is 0.0601. The molecule has 0 saturated heterocycles. The maximum atomic E-state index is 5.81. The smallest absolute Gasteiger partial charge is 0.109 e. The van der Waals surface area contributed by atoms with E-state index in [1.165, 1.54) is 12.8 Å². The van der Waals surface area contributed by atoms with Crippen molar-refractivity contribution in [2.45, 2.75) is 45.3 Å². The second-order valence-corrected chi connectivity index (χ2v) is 5.85. The highest BCUT2D eigenvalue weighted by Gasteiger charge is 2.30. The Morgan fingerprint density at radius 1 is 1.56 bits per heavy atom. The van der Waals surface area contributed by atoms with E-state index in [9.17, 15) is 0 Å². The summed E-state index contributed by atoms with van der Waals surface area (Å²) in [7, 11) is 2.19. The van der Waals surface area contributed by atoms with Crippen molar-refractivity contribution in [1.82, 2.24) is 9.88 Å². The molecule has 2 atom stereocenters. The molecule has 0 aliphatic heterocycles. The SMILES string of the molecule is CC(N)c1nc(CN(C)C(C)C2CC2)cs1. The fourth-order valence-electron chi connectivity index (χ4n) is 1.94. The molecule has 1 heterocycles. The van der Waals surface area contributed by atoms with Gasteiger partial charge in [-0.15, -0.1) is 11.3 Å². The summed E-state index contributed by atoms with van der Waals surface area (Å²) in [5.74, 6) is 0.913. The number of thiazole rings is 1. The zero-order valence-corrected chi connectivity index (χ0v) is 11.1. The molecule has 2 unspecified atom stereocenters. The van der Waals surface area contributed by atoms with Crippen LogP contribution in [0.25, 0.3) is 0 Å². The van der Waals surface area contributed by atoms with Crippen molar-refractivity contribution in [3.63, 3.8) is 0 Å². The van der Waals surface area contributed by atoms with E-state index < -0.39 is 0 Å². The molecule has 1 saturated carbocycles. The zero-order valence-electron chi connectivity index (χ0n) is 10.3.